The first-order chi connectivity index (χ1) is 9.25. The Morgan fingerprint density at radius 2 is 2.26 bits per heavy atom. The highest BCUT2D eigenvalue weighted by atomic mass is 16.1. The van der Waals surface area contributed by atoms with E-state index in [0.717, 1.165) is 29.5 Å². The number of fused-ring (bicyclic) bond motifs is 1. The normalized spacial score (nSPS) is 16.9. The van der Waals surface area contributed by atoms with E-state index in [4.69, 9.17) is 0 Å². The Kier molecular flexibility index (Phi) is 3.17. The molecule has 1 unspecified atom stereocenters. The molecule has 2 N–H and O–H groups in total. The zero-order valence-electron chi connectivity index (χ0n) is 10.9. The number of carbonyl (C=O) groups is 1. The van der Waals surface area contributed by atoms with E-state index in [2.05, 4.69) is 15.6 Å². The van der Waals surface area contributed by atoms with Crippen LogP contribution in [0.3, 0.4) is 0 Å². The van der Waals surface area contributed by atoms with Gasteiger partial charge in [0.1, 0.15) is 0 Å². The minimum absolute atomic E-state index is 0.0353. The standard InChI is InChI=1S/C15H17N3O/c1-10(12-7-17-8-12)15(19)18-14-4-2-3-11-5-6-16-9-13(11)14/h2-6,9-10,12,17H,7-8H2,1H3,(H,18,19). The lowest BCUT2D eigenvalue weighted by Crippen LogP contribution is -2.48. The van der Waals surface area contributed by atoms with Gasteiger partial charge >= 0.3 is 0 Å². The number of hydrogen-bond donors (Lipinski definition) is 2. The molecule has 3 rings (SSSR count). The molecule has 1 fully saturated rings. The molecule has 1 amide bonds. The van der Waals surface area contributed by atoms with Crippen molar-refractivity contribution in [2.24, 2.45) is 11.8 Å². The van der Waals surface area contributed by atoms with Crippen LogP contribution in [0.5, 0.6) is 0 Å². The van der Waals surface area contributed by atoms with Gasteiger partial charge < -0.3 is 10.6 Å². The minimum atomic E-state index is 0.0353. The molecule has 0 spiro atoms. The summed E-state index contributed by atoms with van der Waals surface area (Å²) in [5, 5.41) is 8.30. The average molecular weight is 255 g/mol. The molecule has 4 nitrogen and oxygen atoms in total. The molecule has 0 saturated carbocycles. The summed E-state index contributed by atoms with van der Waals surface area (Å²) in [6.07, 6.45) is 3.55. The molecular weight excluding hydrogens is 238 g/mol. The predicted molar refractivity (Wildman–Crippen MR) is 75.9 cm³/mol. The fraction of sp³-hybridized carbons (Fsp3) is 0.333. The Morgan fingerprint density at radius 1 is 1.42 bits per heavy atom. The van der Waals surface area contributed by atoms with Gasteiger partial charge in [-0.3, -0.25) is 9.78 Å². The van der Waals surface area contributed by atoms with E-state index in [1.807, 2.05) is 31.2 Å². The molecule has 1 aliphatic rings. The summed E-state index contributed by atoms with van der Waals surface area (Å²) < 4.78 is 0. The van der Waals surface area contributed by atoms with Crippen LogP contribution in [-0.4, -0.2) is 24.0 Å². The number of aromatic nitrogens is 1. The van der Waals surface area contributed by atoms with Gasteiger partial charge in [0.05, 0.1) is 5.69 Å². The number of amides is 1. The zero-order valence-corrected chi connectivity index (χ0v) is 10.9. The third-order valence-corrected chi connectivity index (χ3v) is 3.88. The van der Waals surface area contributed by atoms with Gasteiger partial charge in [0, 0.05) is 23.7 Å². The fourth-order valence-corrected chi connectivity index (χ4v) is 2.35. The second kappa shape index (κ2) is 4.97. The van der Waals surface area contributed by atoms with Crippen molar-refractivity contribution in [3.05, 3.63) is 36.7 Å². The molecule has 19 heavy (non-hydrogen) atoms. The summed E-state index contributed by atoms with van der Waals surface area (Å²) in [5.74, 6) is 0.573. The lowest BCUT2D eigenvalue weighted by Gasteiger charge is -2.31. The van der Waals surface area contributed by atoms with Crippen LogP contribution in [-0.2, 0) is 4.79 Å². The molecule has 1 aromatic carbocycles. The largest absolute Gasteiger partial charge is 0.325 e. The van der Waals surface area contributed by atoms with Gasteiger partial charge in [-0.1, -0.05) is 19.1 Å². The molecule has 1 aliphatic heterocycles. The van der Waals surface area contributed by atoms with E-state index in [0.29, 0.717) is 5.92 Å². The third kappa shape index (κ3) is 2.31. The van der Waals surface area contributed by atoms with Crippen molar-refractivity contribution >= 4 is 22.4 Å². The lowest BCUT2D eigenvalue weighted by molar-refractivity contribution is -0.121. The summed E-state index contributed by atoms with van der Waals surface area (Å²) in [7, 11) is 0. The summed E-state index contributed by atoms with van der Waals surface area (Å²) >= 11 is 0. The van der Waals surface area contributed by atoms with E-state index < -0.39 is 0 Å². The van der Waals surface area contributed by atoms with Crippen LogP contribution in [0.25, 0.3) is 10.8 Å². The maximum atomic E-state index is 12.2. The number of pyridine rings is 1. The van der Waals surface area contributed by atoms with Crippen molar-refractivity contribution in [1.29, 1.82) is 0 Å². The number of rotatable bonds is 3. The molecule has 0 aliphatic carbocycles. The second-order valence-corrected chi connectivity index (χ2v) is 5.10. The van der Waals surface area contributed by atoms with E-state index in [9.17, 15) is 4.79 Å². The maximum absolute atomic E-state index is 12.2. The molecule has 2 heterocycles. The highest BCUT2D eigenvalue weighted by Crippen LogP contribution is 2.24. The summed E-state index contributed by atoms with van der Waals surface area (Å²) in [4.78, 5) is 16.4. The Bertz CT molecular complexity index is 602. The average Bonchev–Trinajstić information content (AvgIpc) is 2.37. The van der Waals surface area contributed by atoms with E-state index in [1.54, 1.807) is 12.4 Å². The Balaban J connectivity index is 1.82. The number of hydrogen-bond acceptors (Lipinski definition) is 3. The van der Waals surface area contributed by atoms with Crippen molar-refractivity contribution in [2.75, 3.05) is 18.4 Å². The van der Waals surface area contributed by atoms with Crippen molar-refractivity contribution in [3.63, 3.8) is 0 Å². The Hall–Kier alpha value is -1.94. The van der Waals surface area contributed by atoms with Crippen molar-refractivity contribution in [3.8, 4) is 0 Å². The third-order valence-electron chi connectivity index (χ3n) is 3.88. The molecule has 1 atom stereocenters. The van der Waals surface area contributed by atoms with E-state index in [1.165, 1.54) is 0 Å². The second-order valence-electron chi connectivity index (χ2n) is 5.10. The predicted octanol–water partition coefficient (Wildman–Crippen LogP) is 2.03. The minimum Gasteiger partial charge on any atom is -0.325 e. The van der Waals surface area contributed by atoms with Gasteiger partial charge in [-0.05, 0) is 36.5 Å². The zero-order chi connectivity index (χ0) is 13.2. The highest BCUT2D eigenvalue weighted by molar-refractivity contribution is 6.02. The van der Waals surface area contributed by atoms with Crippen LogP contribution in [0.15, 0.2) is 36.7 Å². The molecule has 98 valence electrons. The Labute approximate surface area is 112 Å². The van der Waals surface area contributed by atoms with Crippen LogP contribution >= 0.6 is 0 Å². The summed E-state index contributed by atoms with van der Waals surface area (Å²) in [5.41, 5.74) is 0.842. The number of nitrogens with one attached hydrogen (secondary N) is 2. The maximum Gasteiger partial charge on any atom is 0.227 e. The quantitative estimate of drug-likeness (QED) is 0.882. The highest BCUT2D eigenvalue weighted by Gasteiger charge is 2.28. The molecular formula is C15H17N3O. The monoisotopic (exact) mass is 255 g/mol. The lowest BCUT2D eigenvalue weighted by atomic mass is 9.88. The first-order valence-electron chi connectivity index (χ1n) is 6.60. The van der Waals surface area contributed by atoms with Crippen LogP contribution in [0.2, 0.25) is 0 Å². The van der Waals surface area contributed by atoms with Gasteiger partial charge in [-0.2, -0.15) is 0 Å². The number of benzene rings is 1. The van der Waals surface area contributed by atoms with Crippen molar-refractivity contribution in [1.82, 2.24) is 10.3 Å². The first kappa shape index (κ1) is 12.1. The molecule has 0 bridgehead atoms. The molecule has 1 saturated heterocycles. The smallest absolute Gasteiger partial charge is 0.227 e. The topological polar surface area (TPSA) is 54.0 Å². The fourth-order valence-electron chi connectivity index (χ4n) is 2.35. The number of nitrogens with zero attached hydrogens (tertiary/aromatic N) is 1. The molecule has 1 aromatic heterocycles. The van der Waals surface area contributed by atoms with Crippen LogP contribution in [0.1, 0.15) is 6.92 Å². The van der Waals surface area contributed by atoms with Crippen molar-refractivity contribution < 1.29 is 4.79 Å². The van der Waals surface area contributed by atoms with Crippen LogP contribution in [0.4, 0.5) is 5.69 Å². The molecule has 2 aromatic rings. The first-order valence-corrected chi connectivity index (χ1v) is 6.60. The van der Waals surface area contributed by atoms with Gasteiger partial charge in [-0.25, -0.2) is 0 Å². The van der Waals surface area contributed by atoms with Crippen LogP contribution in [0, 0.1) is 11.8 Å². The van der Waals surface area contributed by atoms with Crippen molar-refractivity contribution in [2.45, 2.75) is 6.92 Å². The van der Waals surface area contributed by atoms with Gasteiger partial charge in [0.15, 0.2) is 0 Å². The van der Waals surface area contributed by atoms with Gasteiger partial charge in [0.2, 0.25) is 5.91 Å². The van der Waals surface area contributed by atoms with E-state index >= 15 is 0 Å². The number of anilines is 1. The summed E-state index contributed by atoms with van der Waals surface area (Å²) in [6.45, 7) is 3.86. The number of carbonyl (C=O) groups excluding carboxylic acids is 1. The SMILES string of the molecule is CC(C(=O)Nc1cccc2ccncc12)C1CNC1. The van der Waals surface area contributed by atoms with Gasteiger partial charge in [0.25, 0.3) is 0 Å². The van der Waals surface area contributed by atoms with E-state index in [-0.39, 0.29) is 11.8 Å². The van der Waals surface area contributed by atoms with Crippen LogP contribution < -0.4 is 10.6 Å². The van der Waals surface area contributed by atoms with Gasteiger partial charge in [-0.15, -0.1) is 0 Å². The summed E-state index contributed by atoms with van der Waals surface area (Å²) in [6, 6.07) is 7.84. The molecule has 0 radical (unpaired) electrons. The molecule has 4 heteroatoms. The Morgan fingerprint density at radius 3 is 3.00 bits per heavy atom.